The lowest BCUT2D eigenvalue weighted by atomic mass is 10.0. The van der Waals surface area contributed by atoms with Gasteiger partial charge in [-0.05, 0) is 37.6 Å². The van der Waals surface area contributed by atoms with Crippen molar-refractivity contribution in [2.75, 3.05) is 4.90 Å². The normalized spacial score (nSPS) is 22.6. The van der Waals surface area contributed by atoms with Crippen molar-refractivity contribution < 1.29 is 4.79 Å². The zero-order valence-electron chi connectivity index (χ0n) is 12.3. The Morgan fingerprint density at radius 2 is 1.86 bits per heavy atom. The molecule has 2 aliphatic heterocycles. The molecular weight excluding hydrogens is 274 g/mol. The van der Waals surface area contributed by atoms with Crippen LogP contribution in [0.25, 0.3) is 22.4 Å². The molecule has 3 heterocycles. The van der Waals surface area contributed by atoms with Gasteiger partial charge in [0, 0.05) is 12.0 Å². The van der Waals surface area contributed by atoms with Crippen LogP contribution in [-0.2, 0) is 10.5 Å². The molecule has 4 heteroatoms. The van der Waals surface area contributed by atoms with Crippen LogP contribution in [0.3, 0.4) is 0 Å². The molecule has 0 saturated carbocycles. The van der Waals surface area contributed by atoms with E-state index in [0.29, 0.717) is 6.42 Å². The average Bonchev–Trinajstić information content (AvgIpc) is 3.07. The van der Waals surface area contributed by atoms with Gasteiger partial charge in [0.25, 0.3) is 0 Å². The van der Waals surface area contributed by atoms with E-state index in [-0.39, 0.29) is 11.6 Å². The first-order chi connectivity index (χ1) is 10.7. The second kappa shape index (κ2) is 3.77. The van der Waals surface area contributed by atoms with Gasteiger partial charge in [-0.2, -0.15) is 0 Å². The fourth-order valence-electron chi connectivity index (χ4n) is 3.99. The second-order valence-corrected chi connectivity index (χ2v) is 6.22. The largest absolute Gasteiger partial charge is 0.300 e. The summed E-state index contributed by atoms with van der Waals surface area (Å²) in [5, 5.41) is 0. The lowest BCUT2D eigenvalue weighted by Gasteiger charge is -2.42. The Balaban J connectivity index is 1.97. The van der Waals surface area contributed by atoms with Gasteiger partial charge in [0.15, 0.2) is 0 Å². The lowest BCUT2D eigenvalue weighted by Crippen LogP contribution is -2.48. The molecule has 1 fully saturated rings. The molecule has 0 radical (unpaired) electrons. The third kappa shape index (κ3) is 1.24. The fourth-order valence-corrected chi connectivity index (χ4v) is 3.99. The van der Waals surface area contributed by atoms with E-state index in [0.717, 1.165) is 34.5 Å². The molecule has 4 nitrogen and oxygen atoms in total. The summed E-state index contributed by atoms with van der Waals surface area (Å²) in [6.45, 7) is 2.14. The average molecular weight is 289 g/mol. The highest BCUT2D eigenvalue weighted by Crippen LogP contribution is 2.49. The predicted molar refractivity (Wildman–Crippen MR) is 85.5 cm³/mol. The smallest absolute Gasteiger partial charge is 0.229 e. The van der Waals surface area contributed by atoms with Crippen molar-refractivity contribution in [1.82, 2.24) is 9.55 Å². The van der Waals surface area contributed by atoms with E-state index in [9.17, 15) is 4.79 Å². The number of aromatic nitrogens is 2. The molecule has 0 spiro atoms. The Morgan fingerprint density at radius 1 is 1.09 bits per heavy atom. The number of anilines is 1. The van der Waals surface area contributed by atoms with Gasteiger partial charge in [-0.15, -0.1) is 0 Å². The molecule has 1 saturated heterocycles. The highest BCUT2D eigenvalue weighted by molar-refractivity contribution is 6.02. The minimum Gasteiger partial charge on any atom is -0.300 e. The molecule has 2 aromatic carbocycles. The first-order valence-electron chi connectivity index (χ1n) is 7.60. The Bertz CT molecular complexity index is 942. The summed E-state index contributed by atoms with van der Waals surface area (Å²) >= 11 is 0. The number of amides is 1. The van der Waals surface area contributed by atoms with Crippen LogP contribution >= 0.6 is 0 Å². The zero-order valence-corrected chi connectivity index (χ0v) is 12.3. The number of imidazole rings is 1. The predicted octanol–water partition coefficient (Wildman–Crippen LogP) is 3.52. The summed E-state index contributed by atoms with van der Waals surface area (Å²) in [5.74, 6) is 1.16. The maximum absolute atomic E-state index is 12.5. The minimum atomic E-state index is -0.364. The Labute approximate surface area is 128 Å². The Hall–Kier alpha value is -2.62. The third-order valence-corrected chi connectivity index (χ3v) is 4.97. The van der Waals surface area contributed by atoms with Crippen LogP contribution in [0, 0.1) is 0 Å². The minimum absolute atomic E-state index is 0.193. The molecule has 0 aliphatic carbocycles. The number of rotatable bonds is 0. The second-order valence-electron chi connectivity index (χ2n) is 6.22. The van der Waals surface area contributed by atoms with E-state index in [4.69, 9.17) is 4.98 Å². The van der Waals surface area contributed by atoms with E-state index in [1.807, 2.05) is 41.3 Å². The van der Waals surface area contributed by atoms with Gasteiger partial charge in [0.05, 0.1) is 16.7 Å². The number of fused-ring (bicyclic) bond motifs is 8. The number of hydrogen-bond donors (Lipinski definition) is 0. The van der Waals surface area contributed by atoms with Crippen molar-refractivity contribution in [3.05, 3.63) is 48.5 Å². The third-order valence-electron chi connectivity index (χ3n) is 4.97. The first kappa shape index (κ1) is 12.0. The Morgan fingerprint density at radius 3 is 2.77 bits per heavy atom. The topological polar surface area (TPSA) is 38.1 Å². The van der Waals surface area contributed by atoms with Gasteiger partial charge in [0.1, 0.15) is 11.5 Å². The maximum atomic E-state index is 12.5. The molecule has 5 rings (SSSR count). The first-order valence-corrected chi connectivity index (χ1v) is 7.60. The van der Waals surface area contributed by atoms with Gasteiger partial charge < -0.3 is 0 Å². The summed E-state index contributed by atoms with van der Waals surface area (Å²) < 4.78 is 2.25. The fraction of sp³-hybridized carbons (Fsp3) is 0.222. The van der Waals surface area contributed by atoms with Crippen LogP contribution in [0.15, 0.2) is 48.5 Å². The van der Waals surface area contributed by atoms with Crippen LogP contribution < -0.4 is 4.90 Å². The van der Waals surface area contributed by atoms with Crippen LogP contribution in [0.5, 0.6) is 0 Å². The molecule has 3 aromatic rings. The monoisotopic (exact) mass is 289 g/mol. The van der Waals surface area contributed by atoms with Crippen LogP contribution in [0.2, 0.25) is 0 Å². The maximum Gasteiger partial charge on any atom is 0.229 e. The van der Waals surface area contributed by atoms with Crippen LogP contribution in [0.4, 0.5) is 5.69 Å². The van der Waals surface area contributed by atoms with Crippen molar-refractivity contribution in [2.45, 2.75) is 25.4 Å². The molecule has 0 N–H and O–H groups in total. The van der Waals surface area contributed by atoms with E-state index < -0.39 is 0 Å². The summed E-state index contributed by atoms with van der Waals surface area (Å²) in [7, 11) is 0. The molecule has 1 amide bonds. The molecule has 22 heavy (non-hydrogen) atoms. The zero-order chi connectivity index (χ0) is 14.9. The number of nitrogens with zero attached hydrogens (tertiary/aromatic N) is 3. The number of para-hydroxylation sites is 3. The van der Waals surface area contributed by atoms with Crippen molar-refractivity contribution in [1.29, 1.82) is 0 Å². The van der Waals surface area contributed by atoms with Gasteiger partial charge in [-0.1, -0.05) is 24.3 Å². The van der Waals surface area contributed by atoms with E-state index >= 15 is 0 Å². The van der Waals surface area contributed by atoms with E-state index in [1.165, 1.54) is 0 Å². The molecule has 0 bridgehead atoms. The number of carbonyl (C=O) groups excluding carboxylic acids is 1. The molecule has 1 aromatic heterocycles. The highest BCUT2D eigenvalue weighted by Gasteiger charge is 2.49. The molecule has 2 aliphatic rings. The van der Waals surface area contributed by atoms with Gasteiger partial charge in [0.2, 0.25) is 5.91 Å². The van der Waals surface area contributed by atoms with Gasteiger partial charge >= 0.3 is 0 Å². The Kier molecular flexibility index (Phi) is 2.05. The quantitative estimate of drug-likeness (QED) is 0.635. The van der Waals surface area contributed by atoms with E-state index in [2.05, 4.69) is 23.6 Å². The summed E-state index contributed by atoms with van der Waals surface area (Å²) in [6, 6.07) is 16.2. The highest BCUT2D eigenvalue weighted by atomic mass is 16.2. The van der Waals surface area contributed by atoms with Crippen molar-refractivity contribution in [2.24, 2.45) is 0 Å². The molecular formula is C18H15N3O. The summed E-state index contributed by atoms with van der Waals surface area (Å²) in [6.07, 6.45) is 1.39. The number of carbonyl (C=O) groups is 1. The summed E-state index contributed by atoms with van der Waals surface area (Å²) in [5.41, 5.74) is 3.72. The van der Waals surface area contributed by atoms with Crippen molar-refractivity contribution in [3.63, 3.8) is 0 Å². The van der Waals surface area contributed by atoms with E-state index in [1.54, 1.807) is 0 Å². The number of benzene rings is 2. The van der Waals surface area contributed by atoms with Gasteiger partial charge in [-0.25, -0.2) is 4.98 Å². The van der Waals surface area contributed by atoms with Crippen molar-refractivity contribution in [3.8, 4) is 11.4 Å². The van der Waals surface area contributed by atoms with Crippen LogP contribution in [-0.4, -0.2) is 15.5 Å². The SMILES string of the molecule is CC12CCC(=O)N1c1ccccc1-c1nc3ccccc3n12. The van der Waals surface area contributed by atoms with Gasteiger partial charge in [-0.3, -0.25) is 14.3 Å². The standard InChI is InChI=1S/C18H15N3O/c1-18-11-10-16(22)20(18)14-8-4-2-6-12(14)17-19-13-7-3-5-9-15(13)21(17)18/h2-9H,10-11H2,1H3. The molecule has 1 unspecified atom stereocenters. The molecule has 108 valence electrons. The number of hydrogen-bond acceptors (Lipinski definition) is 2. The van der Waals surface area contributed by atoms with Crippen molar-refractivity contribution >= 4 is 22.6 Å². The van der Waals surface area contributed by atoms with Crippen LogP contribution in [0.1, 0.15) is 19.8 Å². The molecule has 1 atom stereocenters. The summed E-state index contributed by atoms with van der Waals surface area (Å²) in [4.78, 5) is 19.3. The lowest BCUT2D eigenvalue weighted by molar-refractivity contribution is -0.117.